The third-order valence-corrected chi connectivity index (χ3v) is 4.95. The van der Waals surface area contributed by atoms with E-state index in [4.69, 9.17) is 11.6 Å². The smallest absolute Gasteiger partial charge is 0.269 e. The normalized spacial score (nSPS) is 19.6. The molecule has 0 saturated carbocycles. The van der Waals surface area contributed by atoms with Gasteiger partial charge in [0.05, 0.1) is 11.3 Å². The van der Waals surface area contributed by atoms with E-state index in [0.717, 1.165) is 11.1 Å². The molecule has 1 aliphatic rings. The van der Waals surface area contributed by atoms with Crippen LogP contribution in [-0.2, 0) is 10.4 Å². The Morgan fingerprint density at radius 3 is 2.37 bits per heavy atom. The number of rotatable bonds is 3. The van der Waals surface area contributed by atoms with E-state index in [1.54, 1.807) is 26.0 Å². The summed E-state index contributed by atoms with van der Waals surface area (Å²) in [6, 6.07) is 3.51. The van der Waals surface area contributed by atoms with Crippen LogP contribution in [0.5, 0.6) is 0 Å². The maximum Gasteiger partial charge on any atom is 0.269 e. The van der Waals surface area contributed by atoms with Crippen molar-refractivity contribution < 1.29 is 15.1 Å². The second-order valence-corrected chi connectivity index (χ2v) is 7.26. The van der Waals surface area contributed by atoms with Gasteiger partial charge in [0.1, 0.15) is 17.2 Å². The minimum Gasteiger partial charge on any atom is -0.411 e. The van der Waals surface area contributed by atoms with Gasteiger partial charge in [-0.05, 0) is 57.4 Å². The van der Waals surface area contributed by atoms with Gasteiger partial charge < -0.3 is 10.3 Å². The second kappa shape index (κ2) is 6.58. The van der Waals surface area contributed by atoms with E-state index in [0.29, 0.717) is 23.0 Å². The quantitative estimate of drug-likeness (QED) is 0.476. The van der Waals surface area contributed by atoms with E-state index in [-0.39, 0.29) is 22.8 Å². The van der Waals surface area contributed by atoms with Crippen molar-refractivity contribution in [3.05, 3.63) is 45.4 Å². The first kappa shape index (κ1) is 19.3. The van der Waals surface area contributed by atoms with Crippen molar-refractivity contribution in [3.8, 4) is 0 Å². The molecule has 142 valence electrons. The number of hydrogen-bond acceptors (Lipinski definition) is 6. The third kappa shape index (κ3) is 2.87. The lowest BCUT2D eigenvalue weighted by molar-refractivity contribution is -0.133. The monoisotopic (exact) mass is 388 g/mol. The van der Waals surface area contributed by atoms with Crippen LogP contribution in [0.3, 0.4) is 0 Å². The first-order valence-corrected chi connectivity index (χ1v) is 8.95. The van der Waals surface area contributed by atoms with E-state index < -0.39 is 11.5 Å². The highest BCUT2D eigenvalue weighted by molar-refractivity contribution is 6.31. The van der Waals surface area contributed by atoms with Crippen molar-refractivity contribution >= 4 is 34.7 Å². The van der Waals surface area contributed by atoms with Crippen LogP contribution in [0, 0.1) is 20.8 Å². The van der Waals surface area contributed by atoms with Crippen molar-refractivity contribution in [2.45, 2.75) is 46.6 Å². The Morgan fingerprint density at radius 1 is 1.26 bits per heavy atom. The molecular weight excluding hydrogens is 368 g/mol. The van der Waals surface area contributed by atoms with Gasteiger partial charge >= 0.3 is 0 Å². The summed E-state index contributed by atoms with van der Waals surface area (Å²) in [7, 11) is 0. The van der Waals surface area contributed by atoms with Gasteiger partial charge in [-0.25, -0.2) is 9.97 Å². The summed E-state index contributed by atoms with van der Waals surface area (Å²) in [6.07, 6.45) is 0.378. The molecule has 27 heavy (non-hydrogen) atoms. The third-order valence-electron chi connectivity index (χ3n) is 4.73. The molecule has 2 aromatic rings. The minimum atomic E-state index is -1.86. The molecule has 1 aromatic carbocycles. The lowest BCUT2D eigenvalue weighted by Gasteiger charge is -2.23. The summed E-state index contributed by atoms with van der Waals surface area (Å²) in [4.78, 5) is 23.4. The summed E-state index contributed by atoms with van der Waals surface area (Å²) >= 11 is 6.13. The molecule has 2 N–H and O–H groups in total. The molecule has 3 rings (SSSR count). The molecule has 0 radical (unpaired) electrons. The summed E-state index contributed by atoms with van der Waals surface area (Å²) in [5.74, 6) is 0.148. The number of carbonyl (C=O) groups excluding carboxylic acids is 1. The summed E-state index contributed by atoms with van der Waals surface area (Å²) in [5.41, 5.74) is 1.10. The van der Waals surface area contributed by atoms with Gasteiger partial charge in [-0.1, -0.05) is 23.7 Å². The number of aliphatic hydroxyl groups is 1. The maximum absolute atomic E-state index is 13.2. The average Bonchev–Trinajstić information content (AvgIpc) is 2.75. The number of halogens is 1. The number of aryl methyl sites for hydroxylation is 3. The van der Waals surface area contributed by atoms with Crippen LogP contribution in [0.25, 0.3) is 0 Å². The summed E-state index contributed by atoms with van der Waals surface area (Å²) in [6.45, 7) is 8.58. The number of benzene rings is 1. The molecule has 1 unspecified atom stereocenters. The van der Waals surface area contributed by atoms with Gasteiger partial charge in [0.15, 0.2) is 11.4 Å². The zero-order valence-corrected chi connectivity index (χ0v) is 16.6. The maximum atomic E-state index is 13.2. The Kier molecular flexibility index (Phi) is 4.69. The molecule has 8 heteroatoms. The second-order valence-electron chi connectivity index (χ2n) is 6.82. The fraction of sp³-hybridized carbons (Fsp3) is 0.368. The topological polar surface area (TPSA) is 98.9 Å². The first-order chi connectivity index (χ1) is 12.6. The molecule has 0 fully saturated rings. The molecule has 0 spiro atoms. The van der Waals surface area contributed by atoms with Crippen molar-refractivity contribution in [1.82, 2.24) is 9.97 Å². The number of aromatic nitrogens is 2. The minimum absolute atomic E-state index is 0.238. The number of amides is 1. The zero-order chi connectivity index (χ0) is 20.1. The predicted molar refractivity (Wildman–Crippen MR) is 103 cm³/mol. The van der Waals surface area contributed by atoms with E-state index in [9.17, 15) is 15.1 Å². The molecule has 7 nitrogen and oxygen atoms in total. The molecule has 0 bridgehead atoms. The molecule has 1 atom stereocenters. The Labute approximate surface area is 162 Å². The fourth-order valence-electron chi connectivity index (χ4n) is 3.55. The summed E-state index contributed by atoms with van der Waals surface area (Å²) in [5, 5.41) is 24.3. The molecular formula is C19H21ClN4O3. The van der Waals surface area contributed by atoms with Crippen LogP contribution >= 0.6 is 11.6 Å². The number of anilines is 2. The number of nitrogens with zero attached hydrogens (tertiary/aromatic N) is 4. The lowest BCUT2D eigenvalue weighted by Crippen LogP contribution is -2.36. The molecule has 0 aliphatic carbocycles. The van der Waals surface area contributed by atoms with Crippen LogP contribution in [0.15, 0.2) is 17.3 Å². The number of carbonyl (C=O) groups is 1. The van der Waals surface area contributed by atoms with Crippen molar-refractivity contribution in [2.24, 2.45) is 5.16 Å². The van der Waals surface area contributed by atoms with Crippen LogP contribution < -0.4 is 4.90 Å². The predicted octanol–water partition coefficient (Wildman–Crippen LogP) is 3.53. The number of hydrogen-bond donors (Lipinski definition) is 2. The van der Waals surface area contributed by atoms with Gasteiger partial charge in [-0.3, -0.25) is 9.69 Å². The Bertz CT molecular complexity index is 962. The average molecular weight is 389 g/mol. The molecule has 0 saturated heterocycles. The SMILES string of the molecule is CC/C(=N\O)c1nc(C)nc2c1C(C)(O)C(=O)N2c1c(C)cc(Cl)cc1C. The lowest BCUT2D eigenvalue weighted by atomic mass is 9.95. The van der Waals surface area contributed by atoms with Gasteiger partial charge in [-0.15, -0.1) is 0 Å². The first-order valence-electron chi connectivity index (χ1n) is 8.57. The van der Waals surface area contributed by atoms with Gasteiger partial charge in [0.25, 0.3) is 5.91 Å². The van der Waals surface area contributed by atoms with Crippen LogP contribution in [0.1, 0.15) is 48.5 Å². The number of oxime groups is 1. The Morgan fingerprint density at radius 2 is 1.85 bits per heavy atom. The number of fused-ring (bicyclic) bond motifs is 1. The Balaban J connectivity index is 2.38. The molecule has 1 amide bonds. The zero-order valence-electron chi connectivity index (χ0n) is 15.8. The molecule has 1 aromatic heterocycles. The van der Waals surface area contributed by atoms with E-state index in [1.807, 2.05) is 13.8 Å². The van der Waals surface area contributed by atoms with Gasteiger partial charge in [-0.2, -0.15) is 0 Å². The van der Waals surface area contributed by atoms with E-state index in [1.165, 1.54) is 11.8 Å². The van der Waals surface area contributed by atoms with Crippen LogP contribution in [-0.4, -0.2) is 31.9 Å². The highest BCUT2D eigenvalue weighted by Crippen LogP contribution is 2.46. The molecule has 2 heterocycles. The van der Waals surface area contributed by atoms with Crippen LogP contribution in [0.2, 0.25) is 5.02 Å². The van der Waals surface area contributed by atoms with Gasteiger partial charge in [0, 0.05) is 5.02 Å². The summed E-state index contributed by atoms with van der Waals surface area (Å²) < 4.78 is 0. The standard InChI is InChI=1S/C19H21ClN4O3/c1-6-13(23-27)15-14-17(22-11(4)21-15)24(18(25)19(14,5)26)16-9(2)7-12(20)8-10(16)3/h7-8,26-27H,6H2,1-5H3/b23-13+. The van der Waals surface area contributed by atoms with Crippen LogP contribution in [0.4, 0.5) is 11.5 Å². The van der Waals surface area contributed by atoms with E-state index >= 15 is 0 Å². The largest absolute Gasteiger partial charge is 0.411 e. The van der Waals surface area contributed by atoms with Crippen molar-refractivity contribution in [2.75, 3.05) is 4.90 Å². The fourth-order valence-corrected chi connectivity index (χ4v) is 3.87. The molecule has 1 aliphatic heterocycles. The highest BCUT2D eigenvalue weighted by atomic mass is 35.5. The highest BCUT2D eigenvalue weighted by Gasteiger charge is 2.51. The Hall–Kier alpha value is -2.51. The van der Waals surface area contributed by atoms with E-state index in [2.05, 4.69) is 15.1 Å². The van der Waals surface area contributed by atoms with Gasteiger partial charge in [0.2, 0.25) is 0 Å². The van der Waals surface area contributed by atoms with Crippen molar-refractivity contribution in [1.29, 1.82) is 0 Å². The van der Waals surface area contributed by atoms with Crippen molar-refractivity contribution in [3.63, 3.8) is 0 Å².